The van der Waals surface area contributed by atoms with Crippen LogP contribution >= 0.6 is 15.9 Å². The molecule has 6 nitrogen and oxygen atoms in total. The zero-order valence-electron chi connectivity index (χ0n) is 10.1. The topological polar surface area (TPSA) is 87.3 Å². The molecular formula is C11H14BrN3O3. The average Bonchev–Trinajstić information content (AvgIpc) is 2.93. The summed E-state index contributed by atoms with van der Waals surface area (Å²) in [6.45, 7) is 4.23. The molecular weight excluding hydrogens is 302 g/mol. The number of hydrogen-bond donors (Lipinski definition) is 1. The van der Waals surface area contributed by atoms with Gasteiger partial charge >= 0.3 is 0 Å². The summed E-state index contributed by atoms with van der Waals surface area (Å²) in [7, 11) is 0. The first-order valence-corrected chi connectivity index (χ1v) is 6.31. The molecule has 0 saturated heterocycles. The summed E-state index contributed by atoms with van der Waals surface area (Å²) in [5.74, 6) is 0.782. The highest BCUT2D eigenvalue weighted by molar-refractivity contribution is 9.10. The van der Waals surface area contributed by atoms with Gasteiger partial charge in [0.15, 0.2) is 10.5 Å². The number of halogens is 1. The highest BCUT2D eigenvalue weighted by Gasteiger charge is 2.18. The van der Waals surface area contributed by atoms with Crippen LogP contribution in [0, 0.1) is 0 Å². The van der Waals surface area contributed by atoms with Gasteiger partial charge in [0.05, 0.1) is 30.6 Å². The highest BCUT2D eigenvalue weighted by atomic mass is 79.9. The second-order valence-corrected chi connectivity index (χ2v) is 4.77. The molecule has 2 aromatic rings. The third kappa shape index (κ3) is 2.98. The molecule has 1 unspecified atom stereocenters. The van der Waals surface area contributed by atoms with E-state index in [1.165, 1.54) is 6.26 Å². The quantitative estimate of drug-likeness (QED) is 0.912. The van der Waals surface area contributed by atoms with Crippen LogP contribution in [-0.4, -0.2) is 22.9 Å². The average molecular weight is 316 g/mol. The van der Waals surface area contributed by atoms with E-state index in [1.807, 2.05) is 13.8 Å². The Hall–Kier alpha value is -1.18. The van der Waals surface area contributed by atoms with Crippen molar-refractivity contribution in [3.63, 3.8) is 0 Å². The first kappa shape index (κ1) is 13.3. The van der Waals surface area contributed by atoms with Crippen molar-refractivity contribution in [1.82, 2.24) is 10.1 Å². The summed E-state index contributed by atoms with van der Waals surface area (Å²) in [4.78, 5) is 4.22. The molecule has 1 atom stereocenters. The predicted molar refractivity (Wildman–Crippen MR) is 67.7 cm³/mol. The maximum Gasteiger partial charge on any atom is 0.262 e. The third-order valence-electron chi connectivity index (χ3n) is 2.23. The number of ether oxygens (including phenoxy) is 1. The molecule has 0 aliphatic rings. The van der Waals surface area contributed by atoms with Gasteiger partial charge in [-0.1, -0.05) is 5.16 Å². The molecule has 18 heavy (non-hydrogen) atoms. The first-order chi connectivity index (χ1) is 8.58. The minimum Gasteiger partial charge on any atom is -0.457 e. The molecule has 2 rings (SSSR count). The van der Waals surface area contributed by atoms with Gasteiger partial charge in [0.25, 0.3) is 5.89 Å². The van der Waals surface area contributed by atoms with Crippen molar-refractivity contribution < 1.29 is 13.7 Å². The van der Waals surface area contributed by atoms with Crippen LogP contribution in [0.5, 0.6) is 0 Å². The van der Waals surface area contributed by atoms with E-state index >= 15 is 0 Å². The highest BCUT2D eigenvalue weighted by Crippen LogP contribution is 2.28. The molecule has 0 aliphatic carbocycles. The fourth-order valence-corrected chi connectivity index (χ4v) is 1.72. The van der Waals surface area contributed by atoms with Gasteiger partial charge in [0.2, 0.25) is 0 Å². The van der Waals surface area contributed by atoms with E-state index in [1.54, 1.807) is 6.07 Å². The minimum absolute atomic E-state index is 0.116. The van der Waals surface area contributed by atoms with Crippen LogP contribution in [0.15, 0.2) is 25.9 Å². The lowest BCUT2D eigenvalue weighted by molar-refractivity contribution is 0.0665. The number of rotatable bonds is 5. The van der Waals surface area contributed by atoms with E-state index in [0.29, 0.717) is 28.6 Å². The van der Waals surface area contributed by atoms with Crippen molar-refractivity contribution in [2.24, 2.45) is 5.73 Å². The molecule has 0 radical (unpaired) electrons. The Morgan fingerprint density at radius 3 is 2.89 bits per heavy atom. The number of aromatic nitrogens is 2. The van der Waals surface area contributed by atoms with E-state index in [9.17, 15) is 0 Å². The zero-order valence-corrected chi connectivity index (χ0v) is 11.7. The summed E-state index contributed by atoms with van der Waals surface area (Å²) in [6.07, 6.45) is 1.65. The van der Waals surface area contributed by atoms with Gasteiger partial charge in [-0.25, -0.2) is 0 Å². The molecule has 0 aliphatic heterocycles. The Morgan fingerprint density at radius 2 is 2.28 bits per heavy atom. The standard InChI is InChI=1S/C11H14BrN3O3/c1-6(2)17-5-8(13)10-14-11(18-15-10)7-3-4-16-9(7)12/h3-4,6,8H,5,13H2,1-2H3. The number of hydrogen-bond acceptors (Lipinski definition) is 6. The van der Waals surface area contributed by atoms with Crippen LogP contribution in [0.4, 0.5) is 0 Å². The van der Waals surface area contributed by atoms with Crippen LogP contribution in [0.1, 0.15) is 25.7 Å². The van der Waals surface area contributed by atoms with Crippen molar-refractivity contribution in [2.75, 3.05) is 6.61 Å². The van der Waals surface area contributed by atoms with E-state index in [4.69, 9.17) is 19.4 Å². The van der Waals surface area contributed by atoms with Crippen molar-refractivity contribution in [2.45, 2.75) is 26.0 Å². The largest absolute Gasteiger partial charge is 0.457 e. The fraction of sp³-hybridized carbons (Fsp3) is 0.455. The lowest BCUT2D eigenvalue weighted by atomic mass is 10.3. The molecule has 0 saturated carbocycles. The Kier molecular flexibility index (Phi) is 4.15. The smallest absolute Gasteiger partial charge is 0.262 e. The molecule has 0 bridgehead atoms. The van der Waals surface area contributed by atoms with Gasteiger partial charge in [-0.2, -0.15) is 4.98 Å². The molecule has 0 fully saturated rings. The van der Waals surface area contributed by atoms with Gasteiger partial charge in [0, 0.05) is 0 Å². The monoisotopic (exact) mass is 315 g/mol. The van der Waals surface area contributed by atoms with Crippen LogP contribution in [0.3, 0.4) is 0 Å². The van der Waals surface area contributed by atoms with Crippen molar-refractivity contribution in [3.8, 4) is 11.5 Å². The Morgan fingerprint density at radius 1 is 1.50 bits per heavy atom. The summed E-state index contributed by atoms with van der Waals surface area (Å²) >= 11 is 3.25. The van der Waals surface area contributed by atoms with E-state index in [0.717, 1.165) is 0 Å². The molecule has 0 spiro atoms. The number of nitrogens with two attached hydrogens (primary N) is 1. The van der Waals surface area contributed by atoms with E-state index < -0.39 is 6.04 Å². The van der Waals surface area contributed by atoms with Crippen LogP contribution in [-0.2, 0) is 4.74 Å². The van der Waals surface area contributed by atoms with Gasteiger partial charge in [0.1, 0.15) is 0 Å². The molecule has 2 N–H and O–H groups in total. The molecule has 0 aromatic carbocycles. The van der Waals surface area contributed by atoms with Gasteiger partial charge in [-0.3, -0.25) is 0 Å². The second kappa shape index (κ2) is 5.64. The minimum atomic E-state index is -0.407. The van der Waals surface area contributed by atoms with E-state index in [-0.39, 0.29) is 6.10 Å². The fourth-order valence-electron chi connectivity index (χ4n) is 1.31. The van der Waals surface area contributed by atoms with Gasteiger partial charge < -0.3 is 19.4 Å². The zero-order chi connectivity index (χ0) is 13.1. The van der Waals surface area contributed by atoms with Gasteiger partial charge in [-0.15, -0.1) is 0 Å². The SMILES string of the molecule is CC(C)OCC(N)c1noc(-c2ccoc2Br)n1. The summed E-state index contributed by atoms with van der Waals surface area (Å²) in [5, 5.41) is 3.84. The normalized spacial score (nSPS) is 13.2. The van der Waals surface area contributed by atoms with Crippen molar-refractivity contribution in [3.05, 3.63) is 22.8 Å². The third-order valence-corrected chi connectivity index (χ3v) is 2.84. The predicted octanol–water partition coefficient (Wildman–Crippen LogP) is 2.52. The molecule has 2 aromatic heterocycles. The van der Waals surface area contributed by atoms with Crippen LogP contribution in [0.25, 0.3) is 11.5 Å². The lowest BCUT2D eigenvalue weighted by Gasteiger charge is -2.10. The molecule has 7 heteroatoms. The maximum atomic E-state index is 5.90. The number of nitrogens with zero attached hydrogens (tertiary/aromatic N) is 2. The maximum absolute atomic E-state index is 5.90. The Balaban J connectivity index is 2.08. The lowest BCUT2D eigenvalue weighted by Crippen LogP contribution is -2.20. The molecule has 2 heterocycles. The van der Waals surface area contributed by atoms with Crippen LogP contribution in [0.2, 0.25) is 0 Å². The van der Waals surface area contributed by atoms with Crippen molar-refractivity contribution in [1.29, 1.82) is 0 Å². The second-order valence-electron chi connectivity index (χ2n) is 4.05. The Bertz CT molecular complexity index is 509. The van der Waals surface area contributed by atoms with E-state index in [2.05, 4.69) is 26.1 Å². The summed E-state index contributed by atoms with van der Waals surface area (Å²) in [5.41, 5.74) is 6.60. The summed E-state index contributed by atoms with van der Waals surface area (Å²) < 4.78 is 16.2. The van der Waals surface area contributed by atoms with Crippen LogP contribution < -0.4 is 5.73 Å². The first-order valence-electron chi connectivity index (χ1n) is 5.52. The van der Waals surface area contributed by atoms with Gasteiger partial charge in [-0.05, 0) is 35.8 Å². The molecule has 98 valence electrons. The summed E-state index contributed by atoms with van der Waals surface area (Å²) in [6, 6.07) is 1.33. The Labute approximate surface area is 113 Å². The van der Waals surface area contributed by atoms with Crippen molar-refractivity contribution >= 4 is 15.9 Å². The number of furan rings is 1. The molecule has 0 amide bonds.